The van der Waals surface area contributed by atoms with Crippen LogP contribution in [0.5, 0.6) is 0 Å². The van der Waals surface area contributed by atoms with Crippen LogP contribution in [0.3, 0.4) is 0 Å². The van der Waals surface area contributed by atoms with Crippen molar-refractivity contribution in [3.8, 4) is 0 Å². The van der Waals surface area contributed by atoms with Gasteiger partial charge in [-0.25, -0.2) is 4.39 Å². The first-order valence-corrected chi connectivity index (χ1v) is 8.19. The molecule has 0 radical (unpaired) electrons. The van der Waals surface area contributed by atoms with Crippen LogP contribution in [0.4, 0.5) is 4.39 Å². The van der Waals surface area contributed by atoms with Crippen LogP contribution in [-0.4, -0.2) is 6.54 Å². The zero-order valence-corrected chi connectivity index (χ0v) is 13.2. The maximum absolute atomic E-state index is 14.1. The molecule has 2 rings (SSSR count). The third-order valence-corrected chi connectivity index (χ3v) is 4.78. The van der Waals surface area contributed by atoms with Crippen molar-refractivity contribution in [2.45, 2.75) is 51.5 Å². The first-order valence-electron chi connectivity index (χ1n) is 7.39. The lowest BCUT2D eigenvalue weighted by Gasteiger charge is -2.28. The molecule has 19 heavy (non-hydrogen) atoms. The van der Waals surface area contributed by atoms with Crippen LogP contribution >= 0.6 is 15.9 Å². The number of nitrogens with one attached hydrogen (secondary N) is 1. The average molecular weight is 328 g/mol. The highest BCUT2D eigenvalue weighted by molar-refractivity contribution is 9.10. The monoisotopic (exact) mass is 327 g/mol. The fraction of sp³-hybridized carbons (Fsp3) is 0.625. The van der Waals surface area contributed by atoms with Gasteiger partial charge in [0.2, 0.25) is 0 Å². The summed E-state index contributed by atoms with van der Waals surface area (Å²) in [6, 6.07) is 5.38. The summed E-state index contributed by atoms with van der Waals surface area (Å²) < 4.78 is 15.0. The highest BCUT2D eigenvalue weighted by atomic mass is 79.9. The quantitative estimate of drug-likeness (QED) is 0.782. The fourth-order valence-electron chi connectivity index (χ4n) is 3.15. The zero-order valence-electron chi connectivity index (χ0n) is 11.6. The van der Waals surface area contributed by atoms with Gasteiger partial charge in [0.05, 0.1) is 0 Å². The molecule has 0 bridgehead atoms. The third kappa shape index (κ3) is 4.03. The van der Waals surface area contributed by atoms with E-state index in [0.717, 1.165) is 28.9 Å². The first-order chi connectivity index (χ1) is 9.22. The number of rotatable bonds is 5. The Bertz CT molecular complexity index is 381. The van der Waals surface area contributed by atoms with E-state index in [1.165, 1.54) is 32.1 Å². The third-order valence-electron chi connectivity index (χ3n) is 4.09. The molecule has 3 heteroatoms. The summed E-state index contributed by atoms with van der Waals surface area (Å²) in [5.41, 5.74) is 0.801. The van der Waals surface area contributed by atoms with E-state index >= 15 is 0 Å². The summed E-state index contributed by atoms with van der Waals surface area (Å²) in [7, 11) is 0. The Morgan fingerprint density at radius 3 is 2.68 bits per heavy atom. The molecule has 1 fully saturated rings. The molecule has 1 N–H and O–H groups in total. The van der Waals surface area contributed by atoms with Crippen molar-refractivity contribution in [2.24, 2.45) is 5.92 Å². The van der Waals surface area contributed by atoms with E-state index < -0.39 is 0 Å². The minimum Gasteiger partial charge on any atom is -0.310 e. The minimum absolute atomic E-state index is 0.101. The molecule has 1 unspecified atom stereocenters. The summed E-state index contributed by atoms with van der Waals surface area (Å²) in [6.45, 7) is 2.96. The summed E-state index contributed by atoms with van der Waals surface area (Å²) in [5.74, 6) is 0.639. The smallest absolute Gasteiger partial charge is 0.129 e. The van der Waals surface area contributed by atoms with Gasteiger partial charge in [0, 0.05) is 16.1 Å². The highest BCUT2D eigenvalue weighted by Gasteiger charge is 2.23. The minimum atomic E-state index is -0.101. The van der Waals surface area contributed by atoms with Crippen LogP contribution in [0.25, 0.3) is 0 Å². The maximum atomic E-state index is 14.1. The van der Waals surface area contributed by atoms with Crippen molar-refractivity contribution >= 4 is 15.9 Å². The van der Waals surface area contributed by atoms with Crippen LogP contribution in [0.1, 0.15) is 57.1 Å². The van der Waals surface area contributed by atoms with E-state index in [2.05, 4.69) is 28.2 Å². The van der Waals surface area contributed by atoms with E-state index in [0.29, 0.717) is 0 Å². The molecule has 1 aliphatic rings. The molecule has 0 saturated heterocycles. The van der Waals surface area contributed by atoms with Gasteiger partial charge in [-0.3, -0.25) is 0 Å². The maximum Gasteiger partial charge on any atom is 0.129 e. The van der Waals surface area contributed by atoms with Gasteiger partial charge in [0.25, 0.3) is 0 Å². The van der Waals surface area contributed by atoms with E-state index in [4.69, 9.17) is 0 Å². The molecular formula is C16H23BrFN. The van der Waals surface area contributed by atoms with Crippen molar-refractivity contribution in [3.63, 3.8) is 0 Å². The van der Waals surface area contributed by atoms with Crippen molar-refractivity contribution in [3.05, 3.63) is 34.1 Å². The predicted octanol–water partition coefficient (Wildman–Crippen LogP) is 5.21. The van der Waals surface area contributed by atoms with Crippen LogP contribution in [-0.2, 0) is 0 Å². The van der Waals surface area contributed by atoms with Crippen LogP contribution in [0.15, 0.2) is 22.7 Å². The first kappa shape index (κ1) is 15.0. The van der Waals surface area contributed by atoms with Crippen LogP contribution in [0.2, 0.25) is 0 Å². The molecular weight excluding hydrogens is 305 g/mol. The summed E-state index contributed by atoms with van der Waals surface area (Å²) >= 11 is 3.50. The van der Waals surface area contributed by atoms with Crippen molar-refractivity contribution in [2.75, 3.05) is 6.54 Å². The topological polar surface area (TPSA) is 12.0 Å². The normalized spacial score (nSPS) is 18.5. The van der Waals surface area contributed by atoms with Gasteiger partial charge < -0.3 is 5.32 Å². The Labute approximate surface area is 124 Å². The predicted molar refractivity (Wildman–Crippen MR) is 81.7 cm³/mol. The number of hydrogen-bond acceptors (Lipinski definition) is 1. The Kier molecular flexibility index (Phi) is 5.83. The van der Waals surface area contributed by atoms with Gasteiger partial charge in [0.15, 0.2) is 0 Å². The second kappa shape index (κ2) is 7.39. The summed E-state index contributed by atoms with van der Waals surface area (Å²) in [6.07, 6.45) is 7.69. The highest BCUT2D eigenvalue weighted by Crippen LogP contribution is 2.35. The molecule has 0 aromatic heterocycles. The standard InChI is InChI=1S/C16H23BrFN/c1-2-19-15(11-12-7-4-3-5-8-12)16-13(17)9-6-10-14(16)18/h6,9-10,12,15,19H,2-5,7-8,11H2,1H3. The van der Waals surface area contributed by atoms with E-state index in [-0.39, 0.29) is 11.9 Å². The van der Waals surface area contributed by atoms with Gasteiger partial charge in [-0.2, -0.15) is 0 Å². The largest absolute Gasteiger partial charge is 0.310 e. The van der Waals surface area contributed by atoms with Crippen molar-refractivity contribution < 1.29 is 4.39 Å². The number of benzene rings is 1. The van der Waals surface area contributed by atoms with Gasteiger partial charge in [-0.15, -0.1) is 0 Å². The average Bonchev–Trinajstić information content (AvgIpc) is 2.40. The lowest BCUT2D eigenvalue weighted by molar-refractivity contribution is 0.298. The summed E-state index contributed by atoms with van der Waals surface area (Å²) in [4.78, 5) is 0. The molecule has 1 nitrogen and oxygen atoms in total. The molecule has 1 aromatic carbocycles. The molecule has 1 saturated carbocycles. The van der Waals surface area contributed by atoms with Gasteiger partial charge in [-0.05, 0) is 31.0 Å². The second-order valence-electron chi connectivity index (χ2n) is 5.49. The Morgan fingerprint density at radius 1 is 1.32 bits per heavy atom. The lowest BCUT2D eigenvalue weighted by atomic mass is 9.83. The van der Waals surface area contributed by atoms with Crippen LogP contribution in [0, 0.1) is 11.7 Å². The Hall–Kier alpha value is -0.410. The molecule has 0 amide bonds. The van der Waals surface area contributed by atoms with Crippen molar-refractivity contribution in [1.29, 1.82) is 0 Å². The molecule has 0 spiro atoms. The number of hydrogen-bond donors (Lipinski definition) is 1. The van der Waals surface area contributed by atoms with Crippen molar-refractivity contribution in [1.82, 2.24) is 5.32 Å². The molecule has 0 aliphatic heterocycles. The molecule has 1 aromatic rings. The summed E-state index contributed by atoms with van der Waals surface area (Å²) in [5, 5.41) is 3.46. The number of halogens is 2. The Balaban J connectivity index is 2.14. The van der Waals surface area contributed by atoms with Crippen LogP contribution < -0.4 is 5.32 Å². The SMILES string of the molecule is CCNC(CC1CCCCC1)c1c(F)cccc1Br. The Morgan fingerprint density at radius 2 is 2.05 bits per heavy atom. The molecule has 1 atom stereocenters. The second-order valence-corrected chi connectivity index (χ2v) is 6.34. The van der Waals surface area contributed by atoms with Gasteiger partial charge >= 0.3 is 0 Å². The lowest BCUT2D eigenvalue weighted by Crippen LogP contribution is -2.25. The molecule has 106 valence electrons. The van der Waals surface area contributed by atoms with E-state index in [1.807, 2.05) is 6.07 Å². The molecule has 0 heterocycles. The zero-order chi connectivity index (χ0) is 13.7. The fourth-order valence-corrected chi connectivity index (χ4v) is 3.77. The van der Waals surface area contributed by atoms with E-state index in [1.54, 1.807) is 12.1 Å². The molecule has 1 aliphatic carbocycles. The van der Waals surface area contributed by atoms with Gasteiger partial charge in [0.1, 0.15) is 5.82 Å². The van der Waals surface area contributed by atoms with Gasteiger partial charge in [-0.1, -0.05) is 61.0 Å². The van der Waals surface area contributed by atoms with E-state index in [9.17, 15) is 4.39 Å².